The highest BCUT2D eigenvalue weighted by Gasteiger charge is 2.28. The lowest BCUT2D eigenvalue weighted by molar-refractivity contribution is -0.131. The van der Waals surface area contributed by atoms with Crippen molar-refractivity contribution in [2.75, 3.05) is 13.1 Å². The minimum Gasteiger partial charge on any atom is -0.486 e. The van der Waals surface area contributed by atoms with Gasteiger partial charge >= 0.3 is 0 Å². The van der Waals surface area contributed by atoms with E-state index >= 15 is 0 Å². The van der Waals surface area contributed by atoms with Crippen molar-refractivity contribution in [1.29, 1.82) is 0 Å². The summed E-state index contributed by atoms with van der Waals surface area (Å²) in [4.78, 5) is 22.2. The number of likely N-dealkylation sites (tertiary alicyclic amines) is 1. The molecule has 0 aromatic carbocycles. The van der Waals surface area contributed by atoms with Crippen LogP contribution in [0.25, 0.3) is 0 Å². The van der Waals surface area contributed by atoms with Crippen molar-refractivity contribution in [3.05, 3.63) is 43.2 Å². The number of imidazole rings is 1. The van der Waals surface area contributed by atoms with Crippen molar-refractivity contribution < 1.29 is 14.6 Å². The molecule has 7 nitrogen and oxygen atoms in total. The molecule has 7 heteroatoms. The van der Waals surface area contributed by atoms with Crippen molar-refractivity contribution in [2.24, 2.45) is 0 Å². The van der Waals surface area contributed by atoms with E-state index in [1.54, 1.807) is 31.0 Å². The average Bonchev–Trinajstić information content (AvgIpc) is 3.06. The third-order valence-corrected chi connectivity index (χ3v) is 4.23. The molecule has 1 fully saturated rings. The number of carbonyl (C=O) groups excluding carboxylic acids is 1. The molecule has 1 aliphatic rings. The first-order valence-electron chi connectivity index (χ1n) is 8.20. The van der Waals surface area contributed by atoms with Gasteiger partial charge in [-0.05, 0) is 18.6 Å². The molecule has 0 spiro atoms. The largest absolute Gasteiger partial charge is 0.486 e. The zero-order chi connectivity index (χ0) is 16.8. The second-order valence-corrected chi connectivity index (χ2v) is 5.92. The maximum atomic E-state index is 12.4. The Bertz CT molecular complexity index is 633. The molecular formula is C17H22N4O3. The van der Waals surface area contributed by atoms with Gasteiger partial charge in [-0.1, -0.05) is 0 Å². The topological polar surface area (TPSA) is 80.5 Å². The van der Waals surface area contributed by atoms with Crippen LogP contribution in [0.15, 0.2) is 43.2 Å². The Kier molecular flexibility index (Phi) is 5.43. The third kappa shape index (κ3) is 4.32. The number of aliphatic hydroxyl groups excluding tert-OH is 1. The normalized spacial score (nSPS) is 21.3. The summed E-state index contributed by atoms with van der Waals surface area (Å²) in [6.07, 6.45) is 9.21. The summed E-state index contributed by atoms with van der Waals surface area (Å²) in [6.45, 7) is 1.76. The molecule has 1 saturated heterocycles. The lowest BCUT2D eigenvalue weighted by atomic mass is 10.1. The molecule has 128 valence electrons. The summed E-state index contributed by atoms with van der Waals surface area (Å²) in [5, 5.41) is 10.3. The first-order valence-corrected chi connectivity index (χ1v) is 8.20. The van der Waals surface area contributed by atoms with Gasteiger partial charge in [0.25, 0.3) is 0 Å². The Morgan fingerprint density at radius 2 is 2.17 bits per heavy atom. The third-order valence-electron chi connectivity index (χ3n) is 4.23. The predicted octanol–water partition coefficient (Wildman–Crippen LogP) is 1.10. The minimum atomic E-state index is -0.586. The van der Waals surface area contributed by atoms with Crippen LogP contribution in [0, 0.1) is 0 Å². The molecule has 0 radical (unpaired) electrons. The standard InChI is InChI=1S/C17H22N4O3/c22-15-3-9-21(17(23)5-8-20-11-7-19-13-20)10-4-16(15)24-14-2-1-6-18-12-14/h1-2,6-7,11-13,15-16,22H,3-5,8-10H2/t15-,16-/m0/s1. The summed E-state index contributed by atoms with van der Waals surface area (Å²) in [5.74, 6) is 0.736. The highest BCUT2D eigenvalue weighted by Crippen LogP contribution is 2.19. The van der Waals surface area contributed by atoms with Crippen LogP contribution in [0.1, 0.15) is 19.3 Å². The molecule has 2 aromatic rings. The minimum absolute atomic E-state index is 0.0953. The summed E-state index contributed by atoms with van der Waals surface area (Å²) < 4.78 is 7.72. The quantitative estimate of drug-likeness (QED) is 0.888. The van der Waals surface area contributed by atoms with Gasteiger partial charge in [0.2, 0.25) is 5.91 Å². The van der Waals surface area contributed by atoms with Crippen molar-refractivity contribution in [3.63, 3.8) is 0 Å². The SMILES string of the molecule is O=C(CCn1ccnc1)N1CC[C@H](Oc2cccnc2)[C@@H](O)CC1. The molecule has 1 amide bonds. The molecule has 0 unspecified atom stereocenters. The van der Waals surface area contributed by atoms with Gasteiger partial charge in [0, 0.05) is 51.1 Å². The zero-order valence-corrected chi connectivity index (χ0v) is 13.5. The van der Waals surface area contributed by atoms with Gasteiger partial charge in [0.1, 0.15) is 11.9 Å². The number of aryl methyl sites for hydroxylation is 1. The predicted molar refractivity (Wildman–Crippen MR) is 87.3 cm³/mol. The number of amides is 1. The van der Waals surface area contributed by atoms with Crippen LogP contribution in [-0.4, -0.2) is 55.7 Å². The Balaban J connectivity index is 1.52. The van der Waals surface area contributed by atoms with Crippen LogP contribution in [0.3, 0.4) is 0 Å². The lowest BCUT2D eigenvalue weighted by Crippen LogP contribution is -2.33. The van der Waals surface area contributed by atoms with E-state index < -0.39 is 6.10 Å². The molecule has 0 aliphatic carbocycles. The van der Waals surface area contributed by atoms with Gasteiger partial charge in [-0.25, -0.2) is 4.98 Å². The average molecular weight is 330 g/mol. The van der Waals surface area contributed by atoms with Gasteiger partial charge in [-0.2, -0.15) is 0 Å². The molecule has 3 rings (SSSR count). The van der Waals surface area contributed by atoms with E-state index in [1.165, 1.54) is 0 Å². The monoisotopic (exact) mass is 330 g/mol. The fourth-order valence-corrected chi connectivity index (χ4v) is 2.84. The van der Waals surface area contributed by atoms with Crippen LogP contribution >= 0.6 is 0 Å². The molecular weight excluding hydrogens is 308 g/mol. The van der Waals surface area contributed by atoms with E-state index in [-0.39, 0.29) is 12.0 Å². The number of hydrogen-bond donors (Lipinski definition) is 1. The first kappa shape index (κ1) is 16.4. The van der Waals surface area contributed by atoms with Crippen molar-refractivity contribution in [3.8, 4) is 5.75 Å². The molecule has 1 N–H and O–H groups in total. The summed E-state index contributed by atoms with van der Waals surface area (Å²) in [5.41, 5.74) is 0. The van der Waals surface area contributed by atoms with E-state index in [2.05, 4.69) is 9.97 Å². The Hall–Kier alpha value is -2.41. The first-order chi connectivity index (χ1) is 11.7. The second-order valence-electron chi connectivity index (χ2n) is 5.92. The van der Waals surface area contributed by atoms with Crippen molar-refractivity contribution >= 4 is 5.91 Å². The number of aliphatic hydroxyl groups is 1. The highest BCUT2D eigenvalue weighted by atomic mass is 16.5. The van der Waals surface area contributed by atoms with Crippen LogP contribution in [0.4, 0.5) is 0 Å². The Morgan fingerprint density at radius 1 is 1.29 bits per heavy atom. The van der Waals surface area contributed by atoms with Crippen molar-refractivity contribution in [2.45, 2.75) is 38.0 Å². The number of nitrogens with zero attached hydrogens (tertiary/aromatic N) is 4. The number of pyridine rings is 1. The summed E-state index contributed by atoms with van der Waals surface area (Å²) >= 11 is 0. The summed E-state index contributed by atoms with van der Waals surface area (Å²) in [7, 11) is 0. The molecule has 0 bridgehead atoms. The summed E-state index contributed by atoms with van der Waals surface area (Å²) in [6, 6.07) is 3.61. The van der Waals surface area contributed by atoms with E-state index in [1.807, 2.05) is 21.7 Å². The van der Waals surface area contributed by atoms with Crippen LogP contribution < -0.4 is 4.74 Å². The second kappa shape index (κ2) is 7.92. The van der Waals surface area contributed by atoms with Crippen LogP contribution in [-0.2, 0) is 11.3 Å². The fraction of sp³-hybridized carbons (Fsp3) is 0.471. The Labute approximate surface area is 140 Å². The van der Waals surface area contributed by atoms with E-state index in [9.17, 15) is 9.90 Å². The molecule has 1 aliphatic heterocycles. The number of carbonyl (C=O) groups is 1. The maximum Gasteiger partial charge on any atom is 0.224 e. The zero-order valence-electron chi connectivity index (χ0n) is 13.5. The Morgan fingerprint density at radius 3 is 2.92 bits per heavy atom. The van der Waals surface area contributed by atoms with Gasteiger partial charge in [0.05, 0.1) is 18.6 Å². The van der Waals surface area contributed by atoms with Crippen LogP contribution in [0.2, 0.25) is 0 Å². The maximum absolute atomic E-state index is 12.4. The number of ether oxygens (including phenoxy) is 1. The number of aromatic nitrogens is 3. The molecule has 0 saturated carbocycles. The van der Waals surface area contributed by atoms with Crippen molar-refractivity contribution in [1.82, 2.24) is 19.4 Å². The molecule has 2 atom stereocenters. The number of rotatable bonds is 5. The van der Waals surface area contributed by atoms with E-state index in [0.717, 1.165) is 0 Å². The van der Waals surface area contributed by atoms with Gasteiger partial charge in [-0.15, -0.1) is 0 Å². The number of hydrogen-bond acceptors (Lipinski definition) is 5. The van der Waals surface area contributed by atoms with Gasteiger partial charge < -0.3 is 19.3 Å². The smallest absolute Gasteiger partial charge is 0.224 e. The van der Waals surface area contributed by atoms with Gasteiger partial charge in [-0.3, -0.25) is 9.78 Å². The fourth-order valence-electron chi connectivity index (χ4n) is 2.84. The van der Waals surface area contributed by atoms with Crippen LogP contribution in [0.5, 0.6) is 5.75 Å². The molecule has 24 heavy (non-hydrogen) atoms. The highest BCUT2D eigenvalue weighted by molar-refractivity contribution is 5.76. The van der Waals surface area contributed by atoms with E-state index in [0.29, 0.717) is 44.6 Å². The van der Waals surface area contributed by atoms with Gasteiger partial charge in [0.15, 0.2) is 0 Å². The lowest BCUT2D eigenvalue weighted by Gasteiger charge is -2.21. The van der Waals surface area contributed by atoms with E-state index in [4.69, 9.17) is 4.74 Å². The molecule has 3 heterocycles. The molecule has 2 aromatic heterocycles.